The SMILES string of the molecule is CC[C@H](NC(=O)NC1CCc2ccccc2C1)C(=O)O. The van der Waals surface area contributed by atoms with Gasteiger partial charge in [-0.2, -0.15) is 0 Å². The van der Waals surface area contributed by atoms with E-state index in [9.17, 15) is 9.59 Å². The number of carboxylic acid groups (broad SMARTS) is 1. The van der Waals surface area contributed by atoms with E-state index in [0.29, 0.717) is 6.42 Å². The van der Waals surface area contributed by atoms with Gasteiger partial charge in [0.1, 0.15) is 6.04 Å². The van der Waals surface area contributed by atoms with E-state index in [-0.39, 0.29) is 6.04 Å². The topological polar surface area (TPSA) is 78.4 Å². The van der Waals surface area contributed by atoms with Crippen LogP contribution >= 0.6 is 0 Å². The summed E-state index contributed by atoms with van der Waals surface area (Å²) in [6.45, 7) is 1.73. The lowest BCUT2D eigenvalue weighted by Crippen LogP contribution is -2.50. The lowest BCUT2D eigenvalue weighted by molar-refractivity contribution is -0.139. The Morgan fingerprint density at radius 1 is 1.35 bits per heavy atom. The van der Waals surface area contributed by atoms with Gasteiger partial charge in [-0.1, -0.05) is 31.2 Å². The first-order valence-electron chi connectivity index (χ1n) is 6.96. The zero-order valence-electron chi connectivity index (χ0n) is 11.6. The molecule has 0 aromatic heterocycles. The normalized spacial score (nSPS) is 18.8. The third-order valence-corrected chi connectivity index (χ3v) is 3.69. The highest BCUT2D eigenvalue weighted by atomic mass is 16.4. The predicted octanol–water partition coefficient (Wildman–Crippen LogP) is 1.71. The zero-order valence-corrected chi connectivity index (χ0v) is 11.6. The molecule has 1 aliphatic rings. The Bertz CT molecular complexity index is 502. The molecule has 1 aromatic rings. The number of aryl methyl sites for hydroxylation is 1. The number of carbonyl (C=O) groups excluding carboxylic acids is 1. The van der Waals surface area contributed by atoms with Crippen molar-refractivity contribution >= 4 is 12.0 Å². The maximum absolute atomic E-state index is 11.8. The number of fused-ring (bicyclic) bond motifs is 1. The van der Waals surface area contributed by atoms with E-state index in [1.807, 2.05) is 12.1 Å². The summed E-state index contributed by atoms with van der Waals surface area (Å²) in [5.41, 5.74) is 2.59. The standard InChI is InChI=1S/C15H20N2O3/c1-2-13(14(18)19)17-15(20)16-12-8-7-10-5-3-4-6-11(10)9-12/h3-6,12-13H,2,7-9H2,1H3,(H,18,19)(H2,16,17,20)/t12?,13-/m0/s1. The molecular weight excluding hydrogens is 256 g/mol. The Morgan fingerprint density at radius 3 is 2.70 bits per heavy atom. The van der Waals surface area contributed by atoms with Gasteiger partial charge in [-0.25, -0.2) is 9.59 Å². The van der Waals surface area contributed by atoms with Gasteiger partial charge < -0.3 is 15.7 Å². The number of carbonyl (C=O) groups is 2. The molecule has 0 aliphatic heterocycles. The molecule has 0 saturated heterocycles. The molecular formula is C15H20N2O3. The van der Waals surface area contributed by atoms with Gasteiger partial charge >= 0.3 is 12.0 Å². The summed E-state index contributed by atoms with van der Waals surface area (Å²) in [5, 5.41) is 14.3. The van der Waals surface area contributed by atoms with Gasteiger partial charge in [0, 0.05) is 6.04 Å². The van der Waals surface area contributed by atoms with Crippen molar-refractivity contribution < 1.29 is 14.7 Å². The average molecular weight is 276 g/mol. The highest BCUT2D eigenvalue weighted by Gasteiger charge is 2.22. The van der Waals surface area contributed by atoms with E-state index in [4.69, 9.17) is 5.11 Å². The van der Waals surface area contributed by atoms with E-state index < -0.39 is 18.0 Å². The Labute approximate surface area is 118 Å². The van der Waals surface area contributed by atoms with Gasteiger partial charge in [0.15, 0.2) is 0 Å². The minimum Gasteiger partial charge on any atom is -0.480 e. The van der Waals surface area contributed by atoms with Crippen LogP contribution in [0, 0.1) is 0 Å². The third kappa shape index (κ3) is 3.50. The first-order chi connectivity index (χ1) is 9.60. The van der Waals surface area contributed by atoms with Gasteiger partial charge in [-0.05, 0) is 36.8 Å². The van der Waals surface area contributed by atoms with Crippen LogP contribution in [0.4, 0.5) is 4.79 Å². The van der Waals surface area contributed by atoms with Crippen LogP contribution in [-0.2, 0) is 17.6 Å². The number of benzene rings is 1. The van der Waals surface area contributed by atoms with Gasteiger partial charge in [-0.15, -0.1) is 0 Å². The second-order valence-corrected chi connectivity index (χ2v) is 5.13. The largest absolute Gasteiger partial charge is 0.480 e. The van der Waals surface area contributed by atoms with Crippen molar-refractivity contribution in [3.63, 3.8) is 0 Å². The lowest BCUT2D eigenvalue weighted by Gasteiger charge is -2.26. The van der Waals surface area contributed by atoms with E-state index in [1.165, 1.54) is 11.1 Å². The van der Waals surface area contributed by atoms with Crippen LogP contribution in [0.1, 0.15) is 30.9 Å². The van der Waals surface area contributed by atoms with E-state index in [0.717, 1.165) is 19.3 Å². The summed E-state index contributed by atoms with van der Waals surface area (Å²) in [5.74, 6) is -1.00. The molecule has 20 heavy (non-hydrogen) atoms. The Kier molecular flexibility index (Phi) is 4.61. The zero-order chi connectivity index (χ0) is 14.5. The third-order valence-electron chi connectivity index (χ3n) is 3.69. The molecule has 1 aromatic carbocycles. The molecule has 108 valence electrons. The minimum atomic E-state index is -1.00. The number of hydrogen-bond donors (Lipinski definition) is 3. The highest BCUT2D eigenvalue weighted by molar-refractivity contribution is 5.82. The van der Waals surface area contributed by atoms with Crippen LogP contribution in [0.2, 0.25) is 0 Å². The lowest BCUT2D eigenvalue weighted by atomic mass is 9.88. The molecule has 0 saturated carbocycles. The number of carboxylic acids is 1. The number of nitrogens with one attached hydrogen (secondary N) is 2. The molecule has 2 atom stereocenters. The van der Waals surface area contributed by atoms with Gasteiger partial charge in [0.2, 0.25) is 0 Å². The molecule has 5 heteroatoms. The molecule has 2 rings (SSSR count). The molecule has 0 fully saturated rings. The summed E-state index contributed by atoms with van der Waals surface area (Å²) in [7, 11) is 0. The van der Waals surface area contributed by atoms with Crippen molar-refractivity contribution in [2.45, 2.75) is 44.7 Å². The summed E-state index contributed by atoms with van der Waals surface area (Å²) in [6, 6.07) is 7.05. The average Bonchev–Trinajstić information content (AvgIpc) is 2.44. The maximum Gasteiger partial charge on any atom is 0.326 e. The van der Waals surface area contributed by atoms with Crippen LogP contribution in [0.15, 0.2) is 24.3 Å². The summed E-state index contributed by atoms with van der Waals surface area (Å²) < 4.78 is 0. The molecule has 1 aliphatic carbocycles. The van der Waals surface area contributed by atoms with E-state index in [1.54, 1.807) is 6.92 Å². The molecule has 0 spiro atoms. The monoisotopic (exact) mass is 276 g/mol. The van der Waals surface area contributed by atoms with Gasteiger partial charge in [0.05, 0.1) is 0 Å². The van der Waals surface area contributed by atoms with Crippen molar-refractivity contribution in [3.8, 4) is 0 Å². The summed E-state index contributed by atoms with van der Waals surface area (Å²) in [4.78, 5) is 22.7. The van der Waals surface area contributed by atoms with Crippen LogP contribution in [0.5, 0.6) is 0 Å². The minimum absolute atomic E-state index is 0.0659. The van der Waals surface area contributed by atoms with Crippen molar-refractivity contribution in [1.82, 2.24) is 10.6 Å². The van der Waals surface area contributed by atoms with Crippen molar-refractivity contribution in [2.75, 3.05) is 0 Å². The second kappa shape index (κ2) is 6.41. The summed E-state index contributed by atoms with van der Waals surface area (Å²) >= 11 is 0. The number of hydrogen-bond acceptors (Lipinski definition) is 2. The summed E-state index contributed by atoms with van der Waals surface area (Å²) in [6.07, 6.45) is 3.00. The van der Waals surface area contributed by atoms with Crippen molar-refractivity contribution in [3.05, 3.63) is 35.4 Å². The number of rotatable bonds is 4. The molecule has 1 unspecified atom stereocenters. The molecule has 0 radical (unpaired) electrons. The Morgan fingerprint density at radius 2 is 2.05 bits per heavy atom. The van der Waals surface area contributed by atoms with E-state index >= 15 is 0 Å². The quantitative estimate of drug-likeness (QED) is 0.783. The van der Waals surface area contributed by atoms with Crippen molar-refractivity contribution in [1.29, 1.82) is 0 Å². The fourth-order valence-electron chi connectivity index (χ4n) is 2.54. The van der Waals surface area contributed by atoms with Crippen molar-refractivity contribution in [2.24, 2.45) is 0 Å². The van der Waals surface area contributed by atoms with Crippen LogP contribution < -0.4 is 10.6 Å². The van der Waals surface area contributed by atoms with Gasteiger partial charge in [-0.3, -0.25) is 0 Å². The molecule has 0 bridgehead atoms. The highest BCUT2D eigenvalue weighted by Crippen LogP contribution is 2.20. The molecule has 2 amide bonds. The maximum atomic E-state index is 11.8. The van der Waals surface area contributed by atoms with Crippen LogP contribution in [0.3, 0.4) is 0 Å². The van der Waals surface area contributed by atoms with Crippen LogP contribution in [-0.4, -0.2) is 29.2 Å². The Balaban J connectivity index is 1.89. The second-order valence-electron chi connectivity index (χ2n) is 5.13. The molecule has 3 N–H and O–H groups in total. The fraction of sp³-hybridized carbons (Fsp3) is 0.467. The predicted molar refractivity (Wildman–Crippen MR) is 75.6 cm³/mol. The van der Waals surface area contributed by atoms with E-state index in [2.05, 4.69) is 22.8 Å². The smallest absolute Gasteiger partial charge is 0.326 e. The van der Waals surface area contributed by atoms with Gasteiger partial charge in [0.25, 0.3) is 0 Å². The fourth-order valence-corrected chi connectivity index (χ4v) is 2.54. The first kappa shape index (κ1) is 14.4. The number of urea groups is 1. The van der Waals surface area contributed by atoms with Crippen LogP contribution in [0.25, 0.3) is 0 Å². The Hall–Kier alpha value is -2.04. The molecule has 5 nitrogen and oxygen atoms in total. The molecule has 0 heterocycles. The first-order valence-corrected chi connectivity index (χ1v) is 6.96. The number of aliphatic carboxylic acids is 1. The number of amides is 2.